The predicted molar refractivity (Wildman–Crippen MR) is 108 cm³/mol. The molecule has 1 N–H and O–H groups in total. The smallest absolute Gasteiger partial charge is 0.279 e. The topological polar surface area (TPSA) is 89.4 Å². The third-order valence-corrected chi connectivity index (χ3v) is 6.16. The van der Waals surface area contributed by atoms with Crippen molar-refractivity contribution in [2.24, 2.45) is 0 Å². The van der Waals surface area contributed by atoms with E-state index in [1.165, 1.54) is 12.5 Å². The van der Waals surface area contributed by atoms with E-state index in [1.54, 1.807) is 16.8 Å². The van der Waals surface area contributed by atoms with Gasteiger partial charge in [0.1, 0.15) is 0 Å². The molecule has 0 radical (unpaired) electrons. The van der Waals surface area contributed by atoms with Gasteiger partial charge < -0.3 is 14.2 Å². The standard InChI is InChI=1S/C19H23N5O3S/c1-14(2)24-13-20-12-18(24)28(25,26)22-16-5-6-17(23-8-10-27-11-9-23)15-4-3-7-21-19(15)16/h3-7,12-14,22H,8-11H2,1-2H3. The molecule has 0 bridgehead atoms. The van der Waals surface area contributed by atoms with Gasteiger partial charge in [-0.2, -0.15) is 8.42 Å². The number of morpholine rings is 1. The Morgan fingerprint density at radius 1 is 1.18 bits per heavy atom. The van der Waals surface area contributed by atoms with Crippen molar-refractivity contribution in [3.63, 3.8) is 0 Å². The summed E-state index contributed by atoms with van der Waals surface area (Å²) in [6.45, 7) is 6.76. The Balaban J connectivity index is 1.74. The quantitative estimate of drug-likeness (QED) is 0.707. The van der Waals surface area contributed by atoms with Crippen molar-refractivity contribution in [3.8, 4) is 0 Å². The molecular weight excluding hydrogens is 378 g/mol. The molecule has 0 unspecified atom stereocenters. The number of fused-ring (bicyclic) bond motifs is 1. The van der Waals surface area contributed by atoms with Crippen LogP contribution >= 0.6 is 0 Å². The molecule has 148 valence electrons. The normalized spacial score (nSPS) is 15.3. The van der Waals surface area contributed by atoms with Crippen molar-refractivity contribution in [2.75, 3.05) is 35.9 Å². The molecular formula is C19H23N5O3S. The molecule has 0 amide bonds. The second kappa shape index (κ2) is 7.40. The number of pyridine rings is 1. The van der Waals surface area contributed by atoms with E-state index in [2.05, 4.69) is 19.6 Å². The van der Waals surface area contributed by atoms with E-state index >= 15 is 0 Å². The van der Waals surface area contributed by atoms with E-state index in [0.29, 0.717) is 24.4 Å². The van der Waals surface area contributed by atoms with Crippen molar-refractivity contribution >= 4 is 32.3 Å². The van der Waals surface area contributed by atoms with Gasteiger partial charge in [-0.25, -0.2) is 4.98 Å². The van der Waals surface area contributed by atoms with Gasteiger partial charge in [0.2, 0.25) is 0 Å². The van der Waals surface area contributed by atoms with Gasteiger partial charge in [0.05, 0.1) is 36.9 Å². The first-order valence-corrected chi connectivity index (χ1v) is 10.7. The molecule has 9 heteroatoms. The van der Waals surface area contributed by atoms with Gasteiger partial charge in [-0.3, -0.25) is 9.71 Å². The fourth-order valence-electron chi connectivity index (χ4n) is 3.41. The first-order valence-electron chi connectivity index (χ1n) is 9.22. The highest BCUT2D eigenvalue weighted by molar-refractivity contribution is 7.92. The summed E-state index contributed by atoms with van der Waals surface area (Å²) in [5.74, 6) is 0. The maximum atomic E-state index is 13.0. The zero-order valence-electron chi connectivity index (χ0n) is 15.9. The number of hydrogen-bond acceptors (Lipinski definition) is 6. The number of rotatable bonds is 5. The number of nitrogens with one attached hydrogen (secondary N) is 1. The molecule has 1 aliphatic rings. The van der Waals surface area contributed by atoms with Crippen LogP contribution in [0.25, 0.3) is 10.9 Å². The lowest BCUT2D eigenvalue weighted by Crippen LogP contribution is -2.36. The van der Waals surface area contributed by atoms with Gasteiger partial charge in [-0.15, -0.1) is 0 Å². The molecule has 28 heavy (non-hydrogen) atoms. The minimum atomic E-state index is -3.80. The van der Waals surface area contributed by atoms with Gasteiger partial charge in [-0.05, 0) is 38.1 Å². The second-order valence-corrected chi connectivity index (χ2v) is 8.60. The lowest BCUT2D eigenvalue weighted by Gasteiger charge is -2.30. The zero-order valence-corrected chi connectivity index (χ0v) is 16.7. The summed E-state index contributed by atoms with van der Waals surface area (Å²) in [7, 11) is -3.80. The maximum Gasteiger partial charge on any atom is 0.279 e. The maximum absolute atomic E-state index is 13.0. The lowest BCUT2D eigenvalue weighted by atomic mass is 10.1. The molecule has 0 aliphatic carbocycles. The number of aromatic nitrogens is 3. The molecule has 1 aromatic carbocycles. The van der Waals surface area contributed by atoms with Crippen LogP contribution in [-0.4, -0.2) is 49.3 Å². The molecule has 3 aromatic rings. The van der Waals surface area contributed by atoms with Crippen molar-refractivity contribution < 1.29 is 13.2 Å². The van der Waals surface area contributed by atoms with Gasteiger partial charge in [0.25, 0.3) is 10.0 Å². The predicted octanol–water partition coefficient (Wildman–Crippen LogP) is 2.65. The van der Waals surface area contributed by atoms with Crippen LogP contribution in [0.5, 0.6) is 0 Å². The van der Waals surface area contributed by atoms with E-state index in [9.17, 15) is 8.42 Å². The van der Waals surface area contributed by atoms with E-state index in [0.717, 1.165) is 24.2 Å². The Hall–Kier alpha value is -2.65. The number of nitrogens with zero attached hydrogens (tertiary/aromatic N) is 4. The van der Waals surface area contributed by atoms with Gasteiger partial charge in [0, 0.05) is 36.4 Å². The highest BCUT2D eigenvalue weighted by Gasteiger charge is 2.23. The minimum Gasteiger partial charge on any atom is -0.378 e. The van der Waals surface area contributed by atoms with Crippen LogP contribution in [0.1, 0.15) is 19.9 Å². The zero-order chi connectivity index (χ0) is 19.7. The summed E-state index contributed by atoms with van der Waals surface area (Å²) in [6.07, 6.45) is 4.55. The minimum absolute atomic E-state index is 0.0207. The van der Waals surface area contributed by atoms with Crippen LogP contribution in [0.4, 0.5) is 11.4 Å². The molecule has 0 atom stereocenters. The van der Waals surface area contributed by atoms with Gasteiger partial charge >= 0.3 is 0 Å². The van der Waals surface area contributed by atoms with Crippen molar-refractivity contribution in [1.82, 2.24) is 14.5 Å². The molecule has 2 aromatic heterocycles. The highest BCUT2D eigenvalue weighted by Crippen LogP contribution is 2.32. The van der Waals surface area contributed by atoms with Crippen molar-refractivity contribution in [3.05, 3.63) is 43.0 Å². The summed E-state index contributed by atoms with van der Waals surface area (Å²) in [5.41, 5.74) is 2.09. The monoisotopic (exact) mass is 401 g/mol. The molecule has 0 spiro atoms. The molecule has 1 fully saturated rings. The molecule has 3 heterocycles. The Morgan fingerprint density at radius 2 is 1.96 bits per heavy atom. The van der Waals surface area contributed by atoms with E-state index in [-0.39, 0.29) is 11.1 Å². The molecule has 1 aliphatic heterocycles. The molecule has 4 rings (SSSR count). The Labute approximate surface area is 164 Å². The number of hydrogen-bond donors (Lipinski definition) is 1. The Morgan fingerprint density at radius 3 is 2.71 bits per heavy atom. The summed E-state index contributed by atoms with van der Waals surface area (Å²) in [6, 6.07) is 7.51. The van der Waals surface area contributed by atoms with Crippen LogP contribution < -0.4 is 9.62 Å². The largest absolute Gasteiger partial charge is 0.378 e. The fourth-order valence-corrected chi connectivity index (χ4v) is 4.70. The second-order valence-electron chi connectivity index (χ2n) is 6.97. The number of imidazole rings is 1. The fraction of sp³-hybridized carbons (Fsp3) is 0.368. The van der Waals surface area contributed by atoms with Gasteiger partial charge in [0.15, 0.2) is 5.03 Å². The first-order chi connectivity index (χ1) is 13.5. The van der Waals surface area contributed by atoms with E-state index in [4.69, 9.17) is 4.74 Å². The average molecular weight is 401 g/mol. The SMILES string of the molecule is CC(C)n1cncc1S(=O)(=O)Nc1ccc(N2CCOCC2)c2cccnc12. The lowest BCUT2D eigenvalue weighted by molar-refractivity contribution is 0.123. The van der Waals surface area contributed by atoms with Crippen LogP contribution in [0.15, 0.2) is 48.0 Å². The number of sulfonamides is 1. The third-order valence-electron chi connectivity index (χ3n) is 4.80. The summed E-state index contributed by atoms with van der Waals surface area (Å²) < 4.78 is 35.7. The summed E-state index contributed by atoms with van der Waals surface area (Å²) in [4.78, 5) is 10.7. The van der Waals surface area contributed by atoms with Crippen LogP contribution in [0, 0.1) is 0 Å². The van der Waals surface area contributed by atoms with Crippen LogP contribution in [-0.2, 0) is 14.8 Å². The van der Waals surface area contributed by atoms with Crippen molar-refractivity contribution in [2.45, 2.75) is 24.9 Å². The molecule has 1 saturated heterocycles. The van der Waals surface area contributed by atoms with Crippen LogP contribution in [0.3, 0.4) is 0 Å². The van der Waals surface area contributed by atoms with E-state index < -0.39 is 10.0 Å². The molecule has 0 saturated carbocycles. The third kappa shape index (κ3) is 3.43. The highest BCUT2D eigenvalue weighted by atomic mass is 32.2. The first kappa shape index (κ1) is 18.7. The average Bonchev–Trinajstić information content (AvgIpc) is 3.20. The summed E-state index contributed by atoms with van der Waals surface area (Å²) >= 11 is 0. The summed E-state index contributed by atoms with van der Waals surface area (Å²) in [5, 5.41) is 1.03. The number of benzene rings is 1. The van der Waals surface area contributed by atoms with Crippen LogP contribution in [0.2, 0.25) is 0 Å². The molecule has 8 nitrogen and oxygen atoms in total. The van der Waals surface area contributed by atoms with E-state index in [1.807, 2.05) is 32.0 Å². The Bertz CT molecular complexity index is 1090. The number of anilines is 2. The van der Waals surface area contributed by atoms with Gasteiger partial charge in [-0.1, -0.05) is 0 Å². The number of ether oxygens (including phenoxy) is 1. The van der Waals surface area contributed by atoms with Crippen molar-refractivity contribution in [1.29, 1.82) is 0 Å². The Kier molecular flexibility index (Phi) is 4.94.